The molecule has 1 aromatic carbocycles. The van der Waals surface area contributed by atoms with Gasteiger partial charge < -0.3 is 9.32 Å². The molecule has 0 saturated carbocycles. The van der Waals surface area contributed by atoms with Crippen molar-refractivity contribution in [3.05, 3.63) is 60.1 Å². The average Bonchev–Trinajstić information content (AvgIpc) is 3.13. The molecule has 2 aromatic heterocycles. The summed E-state index contributed by atoms with van der Waals surface area (Å²) in [6, 6.07) is 14.9. The molecule has 2 fully saturated rings. The zero-order valence-corrected chi connectivity index (χ0v) is 16.4. The van der Waals surface area contributed by atoms with Crippen LogP contribution in [0.2, 0.25) is 0 Å². The highest BCUT2D eigenvalue weighted by Gasteiger charge is 2.21. The van der Waals surface area contributed by atoms with Crippen molar-refractivity contribution in [3.8, 4) is 0 Å². The third-order valence-corrected chi connectivity index (χ3v) is 6.03. The molecule has 0 unspecified atom stereocenters. The Morgan fingerprint density at radius 3 is 2.54 bits per heavy atom. The van der Waals surface area contributed by atoms with Crippen molar-refractivity contribution in [3.63, 3.8) is 0 Å². The fourth-order valence-electron chi connectivity index (χ4n) is 4.22. The van der Waals surface area contributed by atoms with Crippen LogP contribution in [-0.4, -0.2) is 60.6 Å². The Balaban J connectivity index is 1.22. The lowest BCUT2D eigenvalue weighted by Gasteiger charge is -2.36. The van der Waals surface area contributed by atoms with Gasteiger partial charge in [-0.2, -0.15) is 0 Å². The van der Waals surface area contributed by atoms with Gasteiger partial charge in [0.15, 0.2) is 5.58 Å². The number of rotatable bonds is 6. The zero-order chi connectivity index (χ0) is 18.8. The van der Waals surface area contributed by atoms with Crippen molar-refractivity contribution < 1.29 is 4.42 Å². The zero-order valence-electron chi connectivity index (χ0n) is 16.4. The molecule has 3 aromatic rings. The topological polar surface area (TPSA) is 35.8 Å². The molecule has 5 nitrogen and oxygen atoms in total. The number of furan rings is 1. The van der Waals surface area contributed by atoms with E-state index in [0.29, 0.717) is 0 Å². The van der Waals surface area contributed by atoms with E-state index in [1.54, 1.807) is 0 Å². The van der Waals surface area contributed by atoms with Crippen LogP contribution in [0.3, 0.4) is 0 Å². The number of likely N-dealkylation sites (tertiary alicyclic amines) is 1. The van der Waals surface area contributed by atoms with Crippen molar-refractivity contribution in [2.24, 2.45) is 0 Å². The first kappa shape index (κ1) is 17.7. The Labute approximate surface area is 166 Å². The Hall–Kier alpha value is -2.37. The number of benzene rings is 1. The Bertz CT molecular complexity index is 911. The monoisotopic (exact) mass is 376 g/mol. The Kier molecular flexibility index (Phi) is 5.02. The lowest BCUT2D eigenvalue weighted by Crippen LogP contribution is -2.47. The van der Waals surface area contributed by atoms with Crippen LogP contribution in [0.25, 0.3) is 11.0 Å². The van der Waals surface area contributed by atoms with E-state index in [4.69, 9.17) is 4.42 Å². The van der Waals surface area contributed by atoms with E-state index >= 15 is 0 Å². The molecule has 0 atom stereocenters. The number of piperazine rings is 1. The summed E-state index contributed by atoms with van der Waals surface area (Å²) < 4.78 is 6.29. The fraction of sp³-hybridized carbons (Fsp3) is 0.435. The molecular weight excluding hydrogens is 348 g/mol. The minimum absolute atomic E-state index is 0.940. The summed E-state index contributed by atoms with van der Waals surface area (Å²) in [4.78, 5) is 11.9. The van der Waals surface area contributed by atoms with E-state index in [1.807, 2.05) is 12.3 Å². The molecule has 0 N–H and O–H groups in total. The van der Waals surface area contributed by atoms with Gasteiger partial charge in [0.1, 0.15) is 5.76 Å². The first-order valence-corrected chi connectivity index (χ1v) is 10.5. The first-order chi connectivity index (χ1) is 13.8. The number of aromatic nitrogens is 1. The normalized spacial score (nSPS) is 18.5. The molecule has 146 valence electrons. The maximum absolute atomic E-state index is 6.29. The van der Waals surface area contributed by atoms with Gasteiger partial charge in [0.25, 0.3) is 0 Å². The molecule has 2 aliphatic heterocycles. The van der Waals surface area contributed by atoms with Crippen molar-refractivity contribution >= 4 is 16.7 Å². The number of para-hydroxylation sites is 1. The predicted octanol–water partition coefficient (Wildman–Crippen LogP) is 3.40. The van der Waals surface area contributed by atoms with E-state index in [9.17, 15) is 0 Å². The van der Waals surface area contributed by atoms with Crippen molar-refractivity contribution in [1.82, 2.24) is 14.8 Å². The summed E-state index contributed by atoms with van der Waals surface area (Å²) in [5, 5.41) is 1.23. The number of anilines is 1. The minimum atomic E-state index is 0.940. The van der Waals surface area contributed by atoms with Gasteiger partial charge in [0, 0.05) is 56.4 Å². The fourth-order valence-corrected chi connectivity index (χ4v) is 4.22. The van der Waals surface area contributed by atoms with Gasteiger partial charge in [0.2, 0.25) is 0 Å². The number of hydrogen-bond acceptors (Lipinski definition) is 5. The number of hydrogen-bond donors (Lipinski definition) is 0. The highest BCUT2D eigenvalue weighted by molar-refractivity contribution is 5.90. The average molecular weight is 377 g/mol. The Morgan fingerprint density at radius 1 is 0.893 bits per heavy atom. The van der Waals surface area contributed by atoms with Crippen LogP contribution in [0.5, 0.6) is 0 Å². The van der Waals surface area contributed by atoms with Gasteiger partial charge in [-0.3, -0.25) is 14.8 Å². The maximum Gasteiger partial charge on any atom is 0.157 e. The van der Waals surface area contributed by atoms with Crippen molar-refractivity contribution in [2.75, 3.05) is 50.7 Å². The summed E-state index contributed by atoms with van der Waals surface area (Å²) in [7, 11) is 0. The lowest BCUT2D eigenvalue weighted by molar-refractivity contribution is 0.160. The van der Waals surface area contributed by atoms with Crippen molar-refractivity contribution in [1.29, 1.82) is 0 Å². The smallest absolute Gasteiger partial charge is 0.157 e. The van der Waals surface area contributed by atoms with Gasteiger partial charge in [-0.1, -0.05) is 18.2 Å². The molecule has 0 bridgehead atoms. The minimum Gasteiger partial charge on any atom is -0.458 e. The van der Waals surface area contributed by atoms with Crippen LogP contribution in [0.15, 0.2) is 53.1 Å². The van der Waals surface area contributed by atoms with E-state index in [0.717, 1.165) is 57.0 Å². The molecule has 5 rings (SSSR count). The standard InChI is InChI=1S/C23H28N4O/c1-2-9-24-20(6-1)8-12-25-13-15-27(16-14-25)22-7-3-5-19-17-21(28-23(19)22)18-26-10-4-11-26/h1-3,5-7,9,17H,4,8,10-16,18H2. The number of nitrogens with zero attached hydrogens (tertiary/aromatic N) is 4. The molecule has 5 heteroatoms. The summed E-state index contributed by atoms with van der Waals surface area (Å²) in [6.07, 6.45) is 4.22. The quantitative estimate of drug-likeness (QED) is 0.659. The maximum atomic E-state index is 6.29. The lowest BCUT2D eigenvalue weighted by atomic mass is 10.1. The van der Waals surface area contributed by atoms with Crippen molar-refractivity contribution in [2.45, 2.75) is 19.4 Å². The third kappa shape index (κ3) is 3.77. The molecule has 2 aliphatic rings. The largest absolute Gasteiger partial charge is 0.458 e. The number of pyridine rings is 1. The van der Waals surface area contributed by atoms with Crippen LogP contribution in [-0.2, 0) is 13.0 Å². The Morgan fingerprint density at radius 2 is 1.79 bits per heavy atom. The van der Waals surface area contributed by atoms with E-state index < -0.39 is 0 Å². The van der Waals surface area contributed by atoms with Gasteiger partial charge in [-0.05, 0) is 43.8 Å². The molecule has 0 spiro atoms. The van der Waals surface area contributed by atoms with Gasteiger partial charge in [-0.25, -0.2) is 0 Å². The first-order valence-electron chi connectivity index (χ1n) is 10.5. The van der Waals surface area contributed by atoms with Crippen LogP contribution in [0, 0.1) is 0 Å². The van der Waals surface area contributed by atoms with E-state index in [-0.39, 0.29) is 0 Å². The van der Waals surface area contributed by atoms with Gasteiger partial charge in [0.05, 0.1) is 12.2 Å². The summed E-state index contributed by atoms with van der Waals surface area (Å²) >= 11 is 0. The second kappa shape index (κ2) is 7.94. The van der Waals surface area contributed by atoms with Crippen LogP contribution >= 0.6 is 0 Å². The van der Waals surface area contributed by atoms with E-state index in [1.165, 1.54) is 36.3 Å². The van der Waals surface area contributed by atoms with Gasteiger partial charge in [-0.15, -0.1) is 0 Å². The predicted molar refractivity (Wildman–Crippen MR) is 113 cm³/mol. The van der Waals surface area contributed by atoms with Crippen LogP contribution in [0.1, 0.15) is 17.9 Å². The number of fused-ring (bicyclic) bond motifs is 1. The summed E-state index contributed by atoms with van der Waals surface area (Å²) in [5.74, 6) is 1.09. The molecule has 4 heterocycles. The molecule has 28 heavy (non-hydrogen) atoms. The third-order valence-electron chi connectivity index (χ3n) is 6.03. The van der Waals surface area contributed by atoms with Gasteiger partial charge >= 0.3 is 0 Å². The van der Waals surface area contributed by atoms with E-state index in [2.05, 4.69) is 56.1 Å². The molecule has 0 radical (unpaired) electrons. The molecular formula is C23H28N4O. The van der Waals surface area contributed by atoms with Crippen LogP contribution in [0.4, 0.5) is 5.69 Å². The molecule has 2 saturated heterocycles. The summed E-state index contributed by atoms with van der Waals surface area (Å²) in [5.41, 5.74) is 3.48. The molecule has 0 aliphatic carbocycles. The molecule has 0 amide bonds. The van der Waals surface area contributed by atoms with Crippen LogP contribution < -0.4 is 4.90 Å². The second-order valence-electron chi connectivity index (χ2n) is 7.94. The summed E-state index contributed by atoms with van der Waals surface area (Å²) in [6.45, 7) is 8.68. The highest BCUT2D eigenvalue weighted by atomic mass is 16.3. The highest BCUT2D eigenvalue weighted by Crippen LogP contribution is 2.31. The second-order valence-corrected chi connectivity index (χ2v) is 7.94. The SMILES string of the molecule is c1ccc(CCN2CCN(c3cccc4cc(CN5CCC5)oc34)CC2)nc1.